The van der Waals surface area contributed by atoms with Crippen molar-refractivity contribution in [2.45, 2.75) is 6.42 Å². The summed E-state index contributed by atoms with van der Waals surface area (Å²) in [6.07, 6.45) is 5.75. The second kappa shape index (κ2) is 7.99. The van der Waals surface area contributed by atoms with E-state index >= 15 is 0 Å². The molecule has 0 bridgehead atoms. The molecule has 0 aliphatic carbocycles. The quantitative estimate of drug-likeness (QED) is 0.727. The fourth-order valence-electron chi connectivity index (χ4n) is 2.03. The first kappa shape index (κ1) is 15.8. The van der Waals surface area contributed by atoms with E-state index in [4.69, 9.17) is 5.11 Å². The summed E-state index contributed by atoms with van der Waals surface area (Å²) in [5.41, 5.74) is 1.29. The predicted octanol–water partition coefficient (Wildman–Crippen LogP) is 0.837. The van der Waals surface area contributed by atoms with Gasteiger partial charge in [0.1, 0.15) is 6.54 Å². The summed E-state index contributed by atoms with van der Waals surface area (Å²) in [6.45, 7) is 0.245. The van der Waals surface area contributed by atoms with E-state index in [0.29, 0.717) is 12.0 Å². The van der Waals surface area contributed by atoms with E-state index in [9.17, 15) is 9.59 Å². The monoisotopic (exact) mass is 301 g/mol. The molecule has 0 fully saturated rings. The van der Waals surface area contributed by atoms with Gasteiger partial charge in [-0.2, -0.15) is 0 Å². The Morgan fingerprint density at radius 1 is 1.23 bits per heavy atom. The van der Waals surface area contributed by atoms with Crippen molar-refractivity contribution in [2.24, 2.45) is 0 Å². The zero-order chi connectivity index (χ0) is 15.8. The highest BCUT2D eigenvalue weighted by atomic mass is 16.3. The molecule has 6 heteroatoms. The first-order chi connectivity index (χ1) is 10.7. The fraction of sp³-hybridized carbons (Fsp3) is 0.250. The third-order valence-electron chi connectivity index (χ3n) is 3.03. The number of carbonyl (C=O) groups excluding carboxylic acids is 2. The lowest BCUT2D eigenvalue weighted by molar-refractivity contribution is -0.118. The van der Waals surface area contributed by atoms with Gasteiger partial charge in [0.2, 0.25) is 11.8 Å². The third kappa shape index (κ3) is 4.75. The van der Waals surface area contributed by atoms with Gasteiger partial charge >= 0.3 is 0 Å². The van der Waals surface area contributed by atoms with Crippen molar-refractivity contribution in [3.8, 4) is 0 Å². The largest absolute Gasteiger partial charge is 0.395 e. The van der Waals surface area contributed by atoms with Gasteiger partial charge in [0, 0.05) is 30.2 Å². The van der Waals surface area contributed by atoms with Crippen LogP contribution in [0.5, 0.6) is 0 Å². The molecule has 0 radical (unpaired) electrons. The maximum absolute atomic E-state index is 12.0. The number of allylic oxidation sites excluding steroid dienone is 1. The molecule has 0 saturated heterocycles. The molecule has 3 N–H and O–H groups in total. The van der Waals surface area contributed by atoms with E-state index in [1.54, 1.807) is 17.3 Å². The van der Waals surface area contributed by atoms with Crippen molar-refractivity contribution in [3.63, 3.8) is 0 Å². The molecule has 1 aromatic rings. The van der Waals surface area contributed by atoms with Crippen LogP contribution in [0.25, 0.3) is 0 Å². The van der Waals surface area contributed by atoms with Crippen LogP contribution in [0.1, 0.15) is 6.42 Å². The van der Waals surface area contributed by atoms with Crippen LogP contribution in [0, 0.1) is 0 Å². The number of amides is 2. The second-order valence-corrected chi connectivity index (χ2v) is 4.81. The number of aliphatic hydroxyl groups excluding tert-OH is 1. The van der Waals surface area contributed by atoms with Crippen LogP contribution >= 0.6 is 0 Å². The Bertz CT molecular complexity index is 582. The van der Waals surface area contributed by atoms with E-state index in [2.05, 4.69) is 10.6 Å². The summed E-state index contributed by atoms with van der Waals surface area (Å²) in [5, 5.41) is 14.1. The number of para-hydroxylation sites is 1. The van der Waals surface area contributed by atoms with E-state index in [-0.39, 0.29) is 31.5 Å². The van der Waals surface area contributed by atoms with Crippen molar-refractivity contribution >= 4 is 17.5 Å². The summed E-state index contributed by atoms with van der Waals surface area (Å²) in [4.78, 5) is 25.5. The Morgan fingerprint density at radius 3 is 2.73 bits per heavy atom. The van der Waals surface area contributed by atoms with Crippen LogP contribution in [-0.2, 0) is 9.59 Å². The summed E-state index contributed by atoms with van der Waals surface area (Å²) < 4.78 is 0. The first-order valence-electron chi connectivity index (χ1n) is 7.06. The predicted molar refractivity (Wildman–Crippen MR) is 83.7 cm³/mol. The molecule has 116 valence electrons. The third-order valence-corrected chi connectivity index (χ3v) is 3.03. The van der Waals surface area contributed by atoms with Crippen LogP contribution in [0.15, 0.2) is 54.4 Å². The number of nitrogens with zero attached hydrogens (tertiary/aromatic N) is 1. The molecule has 2 rings (SSSR count). The minimum Gasteiger partial charge on any atom is -0.395 e. The Kier molecular flexibility index (Phi) is 5.73. The molecular weight excluding hydrogens is 282 g/mol. The molecule has 2 amide bonds. The highest BCUT2D eigenvalue weighted by Gasteiger charge is 2.14. The molecular formula is C16H19N3O3. The molecule has 0 unspecified atom stereocenters. The average molecular weight is 301 g/mol. The van der Waals surface area contributed by atoms with Crippen molar-refractivity contribution in [3.05, 3.63) is 54.4 Å². The number of anilines is 1. The molecule has 0 aromatic heterocycles. The lowest BCUT2D eigenvalue weighted by Gasteiger charge is -2.20. The van der Waals surface area contributed by atoms with Crippen LogP contribution < -0.4 is 10.6 Å². The van der Waals surface area contributed by atoms with Crippen LogP contribution in [0.3, 0.4) is 0 Å². The highest BCUT2D eigenvalue weighted by Crippen LogP contribution is 2.12. The first-order valence-corrected chi connectivity index (χ1v) is 7.06. The number of hydrogen-bond donors (Lipinski definition) is 3. The molecule has 0 spiro atoms. The second-order valence-electron chi connectivity index (χ2n) is 4.81. The number of carbonyl (C=O) groups is 2. The van der Waals surface area contributed by atoms with Crippen molar-refractivity contribution in [1.29, 1.82) is 0 Å². The van der Waals surface area contributed by atoms with Gasteiger partial charge in [0.15, 0.2) is 0 Å². The van der Waals surface area contributed by atoms with Gasteiger partial charge in [-0.05, 0) is 18.6 Å². The Morgan fingerprint density at radius 2 is 2.00 bits per heavy atom. The summed E-state index contributed by atoms with van der Waals surface area (Å²) >= 11 is 0. The Labute approximate surface area is 129 Å². The molecule has 1 aliphatic rings. The van der Waals surface area contributed by atoms with Crippen LogP contribution in [0.4, 0.5) is 5.69 Å². The van der Waals surface area contributed by atoms with Crippen LogP contribution in [0.2, 0.25) is 0 Å². The zero-order valence-corrected chi connectivity index (χ0v) is 12.2. The van der Waals surface area contributed by atoms with Gasteiger partial charge in [-0.1, -0.05) is 24.3 Å². The van der Waals surface area contributed by atoms with E-state index in [1.807, 2.05) is 36.4 Å². The van der Waals surface area contributed by atoms with Crippen LogP contribution in [-0.4, -0.2) is 41.5 Å². The average Bonchev–Trinajstić information content (AvgIpc) is 2.53. The number of hydrogen-bond acceptors (Lipinski definition) is 4. The van der Waals surface area contributed by atoms with E-state index in [0.717, 1.165) is 5.69 Å². The number of nitrogens with one attached hydrogen (secondary N) is 2. The van der Waals surface area contributed by atoms with Crippen molar-refractivity contribution in [2.75, 3.05) is 25.0 Å². The van der Waals surface area contributed by atoms with Gasteiger partial charge in [-0.15, -0.1) is 0 Å². The number of aliphatic hydroxyl groups is 1. The Balaban J connectivity index is 1.90. The van der Waals surface area contributed by atoms with E-state index in [1.165, 1.54) is 0 Å². The topological polar surface area (TPSA) is 81.7 Å². The maximum Gasteiger partial charge on any atom is 0.249 e. The SMILES string of the molecule is O=C(CN1C=CCC(C(=O)NCCO)=C1)Nc1ccccc1. The van der Waals surface area contributed by atoms with Gasteiger partial charge in [0.05, 0.1) is 6.61 Å². The molecule has 6 nitrogen and oxygen atoms in total. The molecule has 1 aromatic carbocycles. The minimum absolute atomic E-state index is 0.0992. The normalized spacial score (nSPS) is 13.5. The highest BCUT2D eigenvalue weighted by molar-refractivity contribution is 5.94. The lowest BCUT2D eigenvalue weighted by Crippen LogP contribution is -2.32. The van der Waals surface area contributed by atoms with Gasteiger partial charge in [0.25, 0.3) is 0 Å². The summed E-state index contributed by atoms with van der Waals surface area (Å²) in [6, 6.07) is 9.20. The lowest BCUT2D eigenvalue weighted by atomic mass is 10.1. The minimum atomic E-state index is -0.230. The van der Waals surface area contributed by atoms with Gasteiger partial charge < -0.3 is 20.6 Å². The van der Waals surface area contributed by atoms with E-state index < -0.39 is 0 Å². The molecule has 1 aliphatic heterocycles. The van der Waals surface area contributed by atoms with Crippen molar-refractivity contribution < 1.29 is 14.7 Å². The Hall–Kier alpha value is -2.60. The van der Waals surface area contributed by atoms with Gasteiger partial charge in [-0.3, -0.25) is 9.59 Å². The number of benzene rings is 1. The van der Waals surface area contributed by atoms with Gasteiger partial charge in [-0.25, -0.2) is 0 Å². The summed E-state index contributed by atoms with van der Waals surface area (Å²) in [5.74, 6) is -0.393. The van der Waals surface area contributed by atoms with Crippen molar-refractivity contribution in [1.82, 2.24) is 10.2 Å². The zero-order valence-electron chi connectivity index (χ0n) is 12.2. The smallest absolute Gasteiger partial charge is 0.249 e. The molecule has 1 heterocycles. The summed E-state index contributed by atoms with van der Waals surface area (Å²) in [7, 11) is 0. The fourth-order valence-corrected chi connectivity index (χ4v) is 2.03. The maximum atomic E-state index is 12.0. The molecule has 0 atom stereocenters. The standard InChI is InChI=1S/C16H19N3O3/c20-10-8-17-16(22)13-5-4-9-19(11-13)12-15(21)18-14-6-2-1-3-7-14/h1-4,6-7,9,11,20H,5,8,10,12H2,(H,17,22)(H,18,21). The molecule has 22 heavy (non-hydrogen) atoms. The molecule has 0 saturated carbocycles. The number of rotatable bonds is 6.